The molecule has 40 heavy (non-hydrogen) atoms. The monoisotopic (exact) mass is 588 g/mol. The van der Waals surface area contributed by atoms with Crippen LogP contribution in [0.25, 0.3) is 11.2 Å². The topological polar surface area (TPSA) is 306 Å². The molecule has 0 aromatic carbocycles. The lowest BCUT2D eigenvalue weighted by Gasteiger charge is -2.23. The third-order valence-electron chi connectivity index (χ3n) is 6.33. The summed E-state index contributed by atoms with van der Waals surface area (Å²) in [7, 11) is -5.04. The Morgan fingerprint density at radius 1 is 1.05 bits per heavy atom. The highest BCUT2D eigenvalue weighted by atomic mass is 31.2. The third kappa shape index (κ3) is 5.12. The molecule has 0 bridgehead atoms. The number of phosphoric ester groups is 1. The number of aliphatic hydroxyl groups excluding tert-OH is 4. The molecule has 0 radical (unpaired) electrons. The van der Waals surface area contributed by atoms with Gasteiger partial charge in [-0.05, 0) is 6.07 Å². The van der Waals surface area contributed by atoms with Gasteiger partial charge in [-0.25, -0.2) is 14.3 Å². The van der Waals surface area contributed by atoms with Crippen molar-refractivity contribution < 1.29 is 48.4 Å². The minimum absolute atomic E-state index is 0.0676. The zero-order valence-electron chi connectivity index (χ0n) is 20.2. The predicted octanol–water partition coefficient (Wildman–Crippen LogP) is -4.09. The van der Waals surface area contributed by atoms with Gasteiger partial charge >= 0.3 is 13.5 Å². The fraction of sp³-hybridized carbons (Fsp3) is 0.526. The van der Waals surface area contributed by atoms with E-state index in [9.17, 15) is 39.5 Å². The van der Waals surface area contributed by atoms with Crippen LogP contribution in [0, 0.1) is 0 Å². The first-order valence-electron chi connectivity index (χ1n) is 11.6. The molecular weight excluding hydrogens is 563 g/mol. The number of aromatic amines is 1. The van der Waals surface area contributed by atoms with E-state index in [1.807, 2.05) is 0 Å². The number of H-pyrrole nitrogens is 1. The molecule has 10 N–H and O–H groups in total. The number of imidazole rings is 1. The van der Waals surface area contributed by atoms with Gasteiger partial charge in [0.2, 0.25) is 5.95 Å². The van der Waals surface area contributed by atoms with Crippen molar-refractivity contribution in [3.05, 3.63) is 39.4 Å². The quantitative estimate of drug-likeness (QED) is 0.116. The average molecular weight is 588 g/mol. The first-order chi connectivity index (χ1) is 18.9. The number of anilines is 2. The van der Waals surface area contributed by atoms with Crippen LogP contribution in [0.15, 0.2) is 28.2 Å². The number of aromatic nitrogens is 6. The van der Waals surface area contributed by atoms with Gasteiger partial charge in [0, 0.05) is 6.20 Å². The fourth-order valence-electron chi connectivity index (χ4n) is 4.42. The number of nitrogens with one attached hydrogen (secondary N) is 1. The van der Waals surface area contributed by atoms with Gasteiger partial charge in [-0.1, -0.05) is 0 Å². The van der Waals surface area contributed by atoms with Crippen molar-refractivity contribution in [2.75, 3.05) is 24.7 Å². The summed E-state index contributed by atoms with van der Waals surface area (Å²) in [6.45, 7) is -1.56. The molecule has 20 nitrogen and oxygen atoms in total. The Morgan fingerprint density at radius 2 is 1.75 bits per heavy atom. The number of fused-ring (bicyclic) bond motifs is 1. The van der Waals surface area contributed by atoms with E-state index < -0.39 is 81.4 Å². The Bertz CT molecular complexity index is 1560. The number of hydrogen-bond acceptors (Lipinski definition) is 16. The zero-order chi connectivity index (χ0) is 28.9. The maximum Gasteiger partial charge on any atom is 0.472 e. The average Bonchev–Trinajstić information content (AvgIpc) is 3.53. The summed E-state index contributed by atoms with van der Waals surface area (Å²) in [5.41, 5.74) is 9.29. The van der Waals surface area contributed by atoms with Crippen molar-refractivity contribution in [1.29, 1.82) is 0 Å². The first-order valence-corrected chi connectivity index (χ1v) is 13.1. The van der Waals surface area contributed by atoms with E-state index in [4.69, 9.17) is 30.0 Å². The lowest BCUT2D eigenvalue weighted by molar-refractivity contribution is -0.0609. The van der Waals surface area contributed by atoms with Crippen LogP contribution in [-0.4, -0.2) is 104 Å². The van der Waals surface area contributed by atoms with E-state index in [0.717, 1.165) is 15.5 Å². The number of nitrogens with zero attached hydrogens (tertiary/aromatic N) is 5. The smallest absolute Gasteiger partial charge is 0.394 e. The zero-order valence-corrected chi connectivity index (χ0v) is 21.1. The van der Waals surface area contributed by atoms with E-state index in [1.54, 1.807) is 0 Å². The second-order valence-electron chi connectivity index (χ2n) is 8.94. The first kappa shape index (κ1) is 28.2. The van der Waals surface area contributed by atoms with Crippen LogP contribution in [0.4, 0.5) is 11.8 Å². The minimum atomic E-state index is -5.04. The number of hydrogen-bond donors (Lipinski definition) is 8. The van der Waals surface area contributed by atoms with Crippen LogP contribution >= 0.6 is 7.82 Å². The summed E-state index contributed by atoms with van der Waals surface area (Å²) >= 11 is 0. The van der Waals surface area contributed by atoms with Crippen molar-refractivity contribution in [2.45, 2.75) is 49.1 Å². The highest BCUT2D eigenvalue weighted by Crippen LogP contribution is 2.49. The van der Waals surface area contributed by atoms with E-state index in [0.29, 0.717) is 0 Å². The van der Waals surface area contributed by atoms with Gasteiger partial charge in [0.25, 0.3) is 5.56 Å². The van der Waals surface area contributed by atoms with Crippen LogP contribution in [0.2, 0.25) is 0 Å². The van der Waals surface area contributed by atoms with Crippen LogP contribution in [0.5, 0.6) is 0 Å². The van der Waals surface area contributed by atoms with Gasteiger partial charge in [0.1, 0.15) is 42.4 Å². The summed E-state index contributed by atoms with van der Waals surface area (Å²) in [6, 6.07) is 1.26. The molecule has 3 aromatic heterocycles. The van der Waals surface area contributed by atoms with E-state index in [1.165, 1.54) is 12.3 Å². The van der Waals surface area contributed by atoms with Crippen molar-refractivity contribution in [1.82, 2.24) is 29.1 Å². The molecule has 0 saturated carbocycles. The van der Waals surface area contributed by atoms with Crippen molar-refractivity contribution in [2.24, 2.45) is 0 Å². The van der Waals surface area contributed by atoms with Gasteiger partial charge in [-0.15, -0.1) is 0 Å². The standard InChI is InChI=1S/C19H25N8O12P/c20-8-1-2-26(19(33)23-8)16-11(30)10(29)7(38-16)4-36-40(34,35)39-13-6(3-28)37-17(12(13)31)27-5-22-9-14(27)24-18(21)25-15(9)32/h1-2,5-7,10-13,16-17,28-31H,3-4H2,(H,34,35)(H2,20,23,33)(H3,21,24,25,32)/t6-,7-,10-,11-,12-,13-,16-,17-/m1/s1. The summed E-state index contributed by atoms with van der Waals surface area (Å²) < 4.78 is 35.8. The van der Waals surface area contributed by atoms with Crippen LogP contribution in [-0.2, 0) is 23.1 Å². The summed E-state index contributed by atoms with van der Waals surface area (Å²) in [4.78, 5) is 48.1. The molecule has 218 valence electrons. The maximum absolute atomic E-state index is 12.8. The predicted molar refractivity (Wildman–Crippen MR) is 129 cm³/mol. The second-order valence-corrected chi connectivity index (χ2v) is 10.3. The Hall–Kier alpha value is -3.30. The van der Waals surface area contributed by atoms with Crippen molar-refractivity contribution >= 4 is 30.8 Å². The Kier molecular flexibility index (Phi) is 7.48. The molecule has 21 heteroatoms. The Morgan fingerprint density at radius 3 is 2.45 bits per heavy atom. The SMILES string of the molecule is Nc1ccn([C@@H]2O[C@H](COP(=O)(O)O[C@H]3[C@@H](O)[C@H](n4cnc5c(=O)[nH]c(N)nc54)O[C@@H]3CO)[C@@H](O)[C@H]2O)c(=O)n1. The molecule has 3 aromatic rings. The molecule has 2 aliphatic rings. The number of phosphoric acid groups is 1. The molecule has 9 atom stereocenters. The van der Waals surface area contributed by atoms with E-state index >= 15 is 0 Å². The number of nitrogens with two attached hydrogens (primary N) is 2. The largest absolute Gasteiger partial charge is 0.472 e. The summed E-state index contributed by atoms with van der Waals surface area (Å²) in [6.07, 6.45) is -9.84. The third-order valence-corrected chi connectivity index (χ3v) is 7.32. The molecule has 2 saturated heterocycles. The molecule has 2 fully saturated rings. The summed E-state index contributed by atoms with van der Waals surface area (Å²) in [5, 5.41) is 41.3. The van der Waals surface area contributed by atoms with Crippen molar-refractivity contribution in [3.8, 4) is 0 Å². The highest BCUT2D eigenvalue weighted by molar-refractivity contribution is 7.47. The number of rotatable bonds is 8. The molecule has 2 aliphatic heterocycles. The lowest BCUT2D eigenvalue weighted by atomic mass is 10.1. The van der Waals surface area contributed by atoms with E-state index in [-0.39, 0.29) is 22.9 Å². The van der Waals surface area contributed by atoms with Crippen LogP contribution in [0.1, 0.15) is 12.5 Å². The Balaban J connectivity index is 1.28. The maximum atomic E-state index is 12.8. The molecule has 0 aliphatic carbocycles. The van der Waals surface area contributed by atoms with Crippen molar-refractivity contribution in [3.63, 3.8) is 0 Å². The molecular formula is C19H25N8O12P. The molecule has 5 rings (SSSR count). The highest BCUT2D eigenvalue weighted by Gasteiger charge is 2.50. The van der Waals surface area contributed by atoms with Crippen LogP contribution < -0.4 is 22.7 Å². The van der Waals surface area contributed by atoms with Gasteiger partial charge in [-0.3, -0.25) is 28.0 Å². The lowest BCUT2D eigenvalue weighted by Crippen LogP contribution is -2.37. The fourth-order valence-corrected chi connectivity index (χ4v) is 5.39. The number of ether oxygens (including phenoxy) is 2. The molecule has 0 amide bonds. The summed E-state index contributed by atoms with van der Waals surface area (Å²) in [5.74, 6) is -0.322. The van der Waals surface area contributed by atoms with Gasteiger partial charge in [0.05, 0.1) is 19.5 Å². The molecule has 1 unspecified atom stereocenters. The Labute approximate surface area is 222 Å². The minimum Gasteiger partial charge on any atom is -0.394 e. The molecule has 5 heterocycles. The molecule has 0 spiro atoms. The number of aliphatic hydroxyl groups is 4. The van der Waals surface area contributed by atoms with Gasteiger partial charge in [0.15, 0.2) is 23.6 Å². The second kappa shape index (κ2) is 10.6. The number of nitrogen functional groups attached to an aromatic ring is 2. The van der Waals surface area contributed by atoms with Gasteiger partial charge in [-0.2, -0.15) is 9.97 Å². The van der Waals surface area contributed by atoms with Crippen LogP contribution in [0.3, 0.4) is 0 Å². The van der Waals surface area contributed by atoms with E-state index in [2.05, 4.69) is 19.9 Å². The van der Waals surface area contributed by atoms with Gasteiger partial charge < -0.3 is 46.3 Å². The normalized spacial score (nSPS) is 32.0.